The zero-order valence-corrected chi connectivity index (χ0v) is 16.9. The number of H-pyrrole nitrogens is 1. The number of carbonyl (C=O) groups excluding carboxylic acids is 2. The van der Waals surface area contributed by atoms with Crippen LogP contribution in [0, 0.1) is 0 Å². The van der Waals surface area contributed by atoms with Gasteiger partial charge in [-0.25, -0.2) is 0 Å². The van der Waals surface area contributed by atoms with Gasteiger partial charge in [-0.1, -0.05) is 6.07 Å². The van der Waals surface area contributed by atoms with Crippen molar-refractivity contribution in [3.05, 3.63) is 53.7 Å². The Morgan fingerprint density at radius 1 is 1.03 bits per heavy atom. The van der Waals surface area contributed by atoms with Crippen LogP contribution in [0.3, 0.4) is 0 Å². The minimum absolute atomic E-state index is 0.0333. The second kappa shape index (κ2) is 6.79. The molecule has 2 aliphatic rings. The van der Waals surface area contributed by atoms with E-state index in [0.717, 1.165) is 29.3 Å². The third kappa shape index (κ3) is 3.16. The molecule has 0 atom stereocenters. The molecular formula is C23H23N3O4. The average Bonchev–Trinajstić information content (AvgIpc) is 3.20. The smallest absolute Gasteiger partial charge is 0.267 e. The Kier molecular flexibility index (Phi) is 4.20. The molecule has 2 aromatic carbocycles. The van der Waals surface area contributed by atoms with E-state index in [1.807, 2.05) is 50.2 Å². The van der Waals surface area contributed by atoms with E-state index in [4.69, 9.17) is 9.47 Å². The summed E-state index contributed by atoms with van der Waals surface area (Å²) in [5.41, 5.74) is 2.46. The van der Waals surface area contributed by atoms with E-state index in [1.54, 1.807) is 6.07 Å². The van der Waals surface area contributed by atoms with Crippen LogP contribution in [0.5, 0.6) is 11.5 Å². The van der Waals surface area contributed by atoms with Crippen LogP contribution in [0.15, 0.2) is 42.5 Å². The van der Waals surface area contributed by atoms with Crippen molar-refractivity contribution >= 4 is 28.4 Å². The number of carbonyl (C=O) groups is 2. The van der Waals surface area contributed by atoms with Crippen molar-refractivity contribution in [3.63, 3.8) is 0 Å². The van der Waals surface area contributed by atoms with Crippen LogP contribution in [0.4, 0.5) is 5.69 Å². The molecule has 0 saturated heterocycles. The number of amides is 2. The van der Waals surface area contributed by atoms with Crippen molar-refractivity contribution in [2.24, 2.45) is 0 Å². The Morgan fingerprint density at radius 2 is 1.83 bits per heavy atom. The van der Waals surface area contributed by atoms with Crippen LogP contribution in [-0.2, 0) is 10.2 Å². The molecule has 1 fully saturated rings. The summed E-state index contributed by atoms with van der Waals surface area (Å²) in [4.78, 5) is 28.5. The number of anilines is 1. The lowest BCUT2D eigenvalue weighted by atomic mass is 9.94. The fourth-order valence-corrected chi connectivity index (χ4v) is 3.89. The molecule has 0 unspecified atom stereocenters. The minimum atomic E-state index is -0.531. The van der Waals surface area contributed by atoms with E-state index in [9.17, 15) is 9.59 Å². The van der Waals surface area contributed by atoms with Gasteiger partial charge in [-0.2, -0.15) is 0 Å². The SMILES string of the molecule is CC(C)NC(=O)c1cc2cc(NC(=O)C3(c4ccc5c(c4)OCO5)CC3)ccc2[nH]1. The van der Waals surface area contributed by atoms with Crippen LogP contribution >= 0.6 is 0 Å². The summed E-state index contributed by atoms with van der Waals surface area (Å²) in [7, 11) is 0. The normalized spacial score (nSPS) is 16.0. The zero-order chi connectivity index (χ0) is 20.9. The first kappa shape index (κ1) is 18.5. The van der Waals surface area contributed by atoms with E-state index in [1.165, 1.54) is 0 Å². The predicted octanol–water partition coefficient (Wildman–Crippen LogP) is 3.71. The molecular weight excluding hydrogens is 382 g/mol. The van der Waals surface area contributed by atoms with Gasteiger partial charge in [-0.3, -0.25) is 9.59 Å². The van der Waals surface area contributed by atoms with E-state index in [2.05, 4.69) is 15.6 Å². The van der Waals surface area contributed by atoms with Crippen molar-refractivity contribution in [1.82, 2.24) is 10.3 Å². The molecule has 30 heavy (non-hydrogen) atoms. The number of hydrogen-bond acceptors (Lipinski definition) is 4. The maximum Gasteiger partial charge on any atom is 0.267 e. The summed E-state index contributed by atoms with van der Waals surface area (Å²) in [5, 5.41) is 6.79. The van der Waals surface area contributed by atoms with Crippen LogP contribution in [0.1, 0.15) is 42.7 Å². The summed E-state index contributed by atoms with van der Waals surface area (Å²) < 4.78 is 10.8. The average molecular weight is 405 g/mol. The molecule has 2 heterocycles. The van der Waals surface area contributed by atoms with Crippen LogP contribution in [0.2, 0.25) is 0 Å². The van der Waals surface area contributed by atoms with Gasteiger partial charge in [0.05, 0.1) is 5.41 Å². The van der Waals surface area contributed by atoms with Gasteiger partial charge >= 0.3 is 0 Å². The van der Waals surface area contributed by atoms with Gasteiger partial charge in [0.15, 0.2) is 11.5 Å². The maximum absolute atomic E-state index is 13.1. The van der Waals surface area contributed by atoms with E-state index in [-0.39, 0.29) is 24.6 Å². The van der Waals surface area contributed by atoms with Crippen molar-refractivity contribution in [1.29, 1.82) is 0 Å². The topological polar surface area (TPSA) is 92.5 Å². The summed E-state index contributed by atoms with van der Waals surface area (Å²) in [6.45, 7) is 4.05. The molecule has 154 valence electrons. The maximum atomic E-state index is 13.1. The van der Waals surface area contributed by atoms with Crippen LogP contribution < -0.4 is 20.1 Å². The molecule has 0 spiro atoms. The number of fused-ring (bicyclic) bond motifs is 2. The Morgan fingerprint density at radius 3 is 2.60 bits per heavy atom. The van der Waals surface area contributed by atoms with E-state index in [0.29, 0.717) is 22.9 Å². The highest BCUT2D eigenvalue weighted by Crippen LogP contribution is 2.51. The highest BCUT2D eigenvalue weighted by molar-refractivity contribution is 6.03. The Labute approximate surface area is 173 Å². The highest BCUT2D eigenvalue weighted by atomic mass is 16.7. The Bertz CT molecular complexity index is 1160. The summed E-state index contributed by atoms with van der Waals surface area (Å²) in [6.07, 6.45) is 1.59. The van der Waals surface area contributed by atoms with E-state index >= 15 is 0 Å². The molecule has 1 saturated carbocycles. The van der Waals surface area contributed by atoms with Crippen molar-refractivity contribution < 1.29 is 19.1 Å². The lowest BCUT2D eigenvalue weighted by Gasteiger charge is -2.16. The first-order valence-corrected chi connectivity index (χ1v) is 10.1. The van der Waals surface area contributed by atoms with Gasteiger partial charge in [0.25, 0.3) is 5.91 Å². The molecule has 0 radical (unpaired) electrons. The number of aromatic nitrogens is 1. The van der Waals surface area contributed by atoms with Crippen molar-refractivity contribution in [3.8, 4) is 11.5 Å². The molecule has 3 aromatic rings. The van der Waals surface area contributed by atoms with Crippen LogP contribution in [-0.4, -0.2) is 29.6 Å². The predicted molar refractivity (Wildman–Crippen MR) is 113 cm³/mol. The second-order valence-corrected chi connectivity index (χ2v) is 8.22. The molecule has 0 bridgehead atoms. The third-order valence-corrected chi connectivity index (χ3v) is 5.65. The lowest BCUT2D eigenvalue weighted by Crippen LogP contribution is -2.30. The first-order valence-electron chi connectivity index (χ1n) is 10.1. The number of aromatic amines is 1. The number of benzene rings is 2. The second-order valence-electron chi connectivity index (χ2n) is 8.22. The van der Waals surface area contributed by atoms with Crippen molar-refractivity contribution in [2.45, 2.75) is 38.1 Å². The number of ether oxygens (including phenoxy) is 2. The molecule has 3 N–H and O–H groups in total. The Hall–Kier alpha value is -3.48. The highest BCUT2D eigenvalue weighted by Gasteiger charge is 2.51. The quantitative estimate of drug-likeness (QED) is 0.603. The fraction of sp³-hybridized carbons (Fsp3) is 0.304. The third-order valence-electron chi connectivity index (χ3n) is 5.65. The number of hydrogen-bond donors (Lipinski definition) is 3. The summed E-state index contributed by atoms with van der Waals surface area (Å²) >= 11 is 0. The molecule has 2 amide bonds. The molecule has 5 rings (SSSR count). The molecule has 7 nitrogen and oxygen atoms in total. The minimum Gasteiger partial charge on any atom is -0.454 e. The monoisotopic (exact) mass is 405 g/mol. The van der Waals surface area contributed by atoms with E-state index < -0.39 is 5.41 Å². The molecule has 1 aliphatic carbocycles. The lowest BCUT2D eigenvalue weighted by molar-refractivity contribution is -0.118. The van der Waals surface area contributed by atoms with Crippen LogP contribution in [0.25, 0.3) is 10.9 Å². The van der Waals surface area contributed by atoms with Gasteiger partial charge in [0.2, 0.25) is 12.7 Å². The fourth-order valence-electron chi connectivity index (χ4n) is 3.89. The number of rotatable bonds is 5. The standard InChI is InChI=1S/C23H23N3O4/c1-13(2)24-21(27)18-10-14-9-16(4-5-17(14)26-18)25-22(28)23(7-8-23)15-3-6-19-20(11-15)30-12-29-19/h3-6,9-11,13,26H,7-8,12H2,1-2H3,(H,24,27)(H,25,28). The van der Waals surface area contributed by atoms with Crippen molar-refractivity contribution in [2.75, 3.05) is 12.1 Å². The number of nitrogens with one attached hydrogen (secondary N) is 3. The molecule has 1 aromatic heterocycles. The first-order chi connectivity index (χ1) is 14.4. The largest absolute Gasteiger partial charge is 0.454 e. The van der Waals surface area contributed by atoms with Gasteiger partial charge in [-0.15, -0.1) is 0 Å². The zero-order valence-electron chi connectivity index (χ0n) is 16.9. The molecule has 1 aliphatic heterocycles. The van der Waals surface area contributed by atoms with Gasteiger partial charge in [-0.05, 0) is 68.7 Å². The summed E-state index contributed by atoms with van der Waals surface area (Å²) in [5.74, 6) is 1.22. The Balaban J connectivity index is 1.36. The van der Waals surface area contributed by atoms with Gasteiger partial charge in [0.1, 0.15) is 5.69 Å². The summed E-state index contributed by atoms with van der Waals surface area (Å²) in [6, 6.07) is 13.2. The van der Waals surface area contributed by atoms with Gasteiger partial charge in [0, 0.05) is 22.6 Å². The van der Waals surface area contributed by atoms with Gasteiger partial charge < -0.3 is 25.1 Å². The molecule has 7 heteroatoms.